The molecule has 0 aliphatic heterocycles. The van der Waals surface area contributed by atoms with Crippen molar-refractivity contribution in [3.05, 3.63) is 18.2 Å². The Balaban J connectivity index is 2.90. The minimum atomic E-state index is -2.96. The van der Waals surface area contributed by atoms with Crippen molar-refractivity contribution in [2.24, 2.45) is 0 Å². The standard InChI is InChI=1S/C8H8F2O3/c1-12-5-2-3-6(11)7(4-5)13-8(9)10/h2-4,8,11H,1H3. The lowest BCUT2D eigenvalue weighted by Crippen LogP contribution is -2.02. The summed E-state index contributed by atoms with van der Waals surface area (Å²) in [5.74, 6) is -0.302. The third-order valence-corrected chi connectivity index (χ3v) is 1.38. The second kappa shape index (κ2) is 3.93. The fourth-order valence-corrected chi connectivity index (χ4v) is 0.812. The van der Waals surface area contributed by atoms with Gasteiger partial charge in [-0.25, -0.2) is 0 Å². The normalized spacial score (nSPS) is 10.2. The van der Waals surface area contributed by atoms with E-state index in [1.807, 2.05) is 0 Å². The highest BCUT2D eigenvalue weighted by Gasteiger charge is 2.09. The van der Waals surface area contributed by atoms with Gasteiger partial charge in [0, 0.05) is 6.07 Å². The SMILES string of the molecule is COc1ccc(O)c(OC(F)F)c1. The van der Waals surface area contributed by atoms with Crippen LogP contribution in [0, 0.1) is 0 Å². The summed E-state index contributed by atoms with van der Waals surface area (Å²) in [6.07, 6.45) is 0. The molecule has 0 heterocycles. The number of hydrogen-bond acceptors (Lipinski definition) is 3. The Hall–Kier alpha value is -1.52. The summed E-state index contributed by atoms with van der Waals surface area (Å²) in [6.45, 7) is -2.96. The van der Waals surface area contributed by atoms with Crippen molar-refractivity contribution in [1.82, 2.24) is 0 Å². The van der Waals surface area contributed by atoms with Crippen molar-refractivity contribution >= 4 is 0 Å². The molecular weight excluding hydrogens is 182 g/mol. The zero-order valence-corrected chi connectivity index (χ0v) is 6.83. The lowest BCUT2D eigenvalue weighted by Gasteiger charge is -2.07. The van der Waals surface area contributed by atoms with Crippen LogP contribution in [0.2, 0.25) is 0 Å². The molecule has 0 aliphatic rings. The lowest BCUT2D eigenvalue weighted by atomic mass is 10.3. The first-order valence-corrected chi connectivity index (χ1v) is 3.45. The molecule has 0 bridgehead atoms. The molecule has 1 rings (SSSR count). The lowest BCUT2D eigenvalue weighted by molar-refractivity contribution is -0.0513. The van der Waals surface area contributed by atoms with Crippen LogP contribution in [0.15, 0.2) is 18.2 Å². The van der Waals surface area contributed by atoms with Gasteiger partial charge in [-0.15, -0.1) is 0 Å². The Morgan fingerprint density at radius 3 is 2.62 bits per heavy atom. The molecule has 3 nitrogen and oxygen atoms in total. The predicted octanol–water partition coefficient (Wildman–Crippen LogP) is 2.00. The maximum absolute atomic E-state index is 11.8. The number of methoxy groups -OCH3 is 1. The van der Waals surface area contributed by atoms with Crippen LogP contribution in [0.25, 0.3) is 0 Å². The molecule has 0 fully saturated rings. The quantitative estimate of drug-likeness (QED) is 0.792. The monoisotopic (exact) mass is 190 g/mol. The highest BCUT2D eigenvalue weighted by atomic mass is 19.3. The number of alkyl halides is 2. The molecule has 0 saturated carbocycles. The van der Waals surface area contributed by atoms with Gasteiger partial charge >= 0.3 is 6.61 Å². The van der Waals surface area contributed by atoms with Crippen LogP contribution in [-0.4, -0.2) is 18.8 Å². The van der Waals surface area contributed by atoms with Gasteiger partial charge in [-0.2, -0.15) is 8.78 Å². The summed E-state index contributed by atoms with van der Waals surface area (Å²) >= 11 is 0. The van der Waals surface area contributed by atoms with Crippen LogP contribution in [0.1, 0.15) is 0 Å². The Kier molecular flexibility index (Phi) is 2.89. The van der Waals surface area contributed by atoms with E-state index in [0.29, 0.717) is 5.75 Å². The number of ether oxygens (including phenoxy) is 2. The number of phenols is 1. The van der Waals surface area contributed by atoms with Crippen molar-refractivity contribution in [2.75, 3.05) is 7.11 Å². The second-order valence-electron chi connectivity index (χ2n) is 2.21. The summed E-state index contributed by atoms with van der Waals surface area (Å²) in [5.41, 5.74) is 0. The van der Waals surface area contributed by atoms with E-state index in [1.54, 1.807) is 0 Å². The molecule has 13 heavy (non-hydrogen) atoms. The Morgan fingerprint density at radius 2 is 2.08 bits per heavy atom. The van der Waals surface area contributed by atoms with Gasteiger partial charge in [0.1, 0.15) is 5.75 Å². The third-order valence-electron chi connectivity index (χ3n) is 1.38. The van der Waals surface area contributed by atoms with Gasteiger partial charge in [0.2, 0.25) is 0 Å². The van der Waals surface area contributed by atoms with Crippen LogP contribution in [-0.2, 0) is 0 Å². The van der Waals surface area contributed by atoms with E-state index in [2.05, 4.69) is 4.74 Å². The number of hydrogen-bond donors (Lipinski definition) is 1. The van der Waals surface area contributed by atoms with Crippen LogP contribution < -0.4 is 9.47 Å². The number of aromatic hydroxyl groups is 1. The van der Waals surface area contributed by atoms with E-state index in [-0.39, 0.29) is 11.5 Å². The summed E-state index contributed by atoms with van der Waals surface area (Å²) in [7, 11) is 1.39. The van der Waals surface area contributed by atoms with Crippen LogP contribution in [0.5, 0.6) is 17.2 Å². The Bertz CT molecular complexity index is 289. The zero-order chi connectivity index (χ0) is 9.84. The third kappa shape index (κ3) is 2.47. The zero-order valence-electron chi connectivity index (χ0n) is 6.83. The van der Waals surface area contributed by atoms with Crippen LogP contribution in [0.4, 0.5) is 8.78 Å². The average molecular weight is 190 g/mol. The Morgan fingerprint density at radius 1 is 1.38 bits per heavy atom. The van der Waals surface area contributed by atoms with Crippen molar-refractivity contribution in [3.8, 4) is 17.2 Å². The fourth-order valence-electron chi connectivity index (χ4n) is 0.812. The number of benzene rings is 1. The van der Waals surface area contributed by atoms with Gasteiger partial charge in [0.25, 0.3) is 0 Å². The number of phenolic OH excluding ortho intramolecular Hbond substituents is 1. The molecule has 0 aliphatic carbocycles. The van der Waals surface area contributed by atoms with Crippen molar-refractivity contribution in [2.45, 2.75) is 6.61 Å². The summed E-state index contributed by atoms with van der Waals surface area (Å²) in [5, 5.41) is 9.07. The van der Waals surface area contributed by atoms with E-state index in [4.69, 9.17) is 9.84 Å². The van der Waals surface area contributed by atoms with E-state index in [1.165, 1.54) is 25.3 Å². The molecule has 0 unspecified atom stereocenters. The van der Waals surface area contributed by atoms with Crippen LogP contribution >= 0.6 is 0 Å². The molecular formula is C8H8F2O3. The van der Waals surface area contributed by atoms with Gasteiger partial charge in [-0.05, 0) is 12.1 Å². The summed E-state index contributed by atoms with van der Waals surface area (Å²) in [4.78, 5) is 0. The second-order valence-corrected chi connectivity index (χ2v) is 2.21. The van der Waals surface area contributed by atoms with E-state index < -0.39 is 6.61 Å². The highest BCUT2D eigenvalue weighted by molar-refractivity contribution is 5.44. The first-order valence-electron chi connectivity index (χ1n) is 3.45. The highest BCUT2D eigenvalue weighted by Crippen LogP contribution is 2.31. The molecule has 0 atom stereocenters. The minimum Gasteiger partial charge on any atom is -0.504 e. The first-order chi connectivity index (χ1) is 6.13. The molecule has 1 aromatic rings. The summed E-state index contributed by atoms with van der Waals surface area (Å²) in [6, 6.07) is 3.84. The smallest absolute Gasteiger partial charge is 0.387 e. The van der Waals surface area contributed by atoms with E-state index in [0.717, 1.165) is 0 Å². The van der Waals surface area contributed by atoms with Crippen molar-refractivity contribution in [3.63, 3.8) is 0 Å². The topological polar surface area (TPSA) is 38.7 Å². The molecule has 0 spiro atoms. The van der Waals surface area contributed by atoms with E-state index >= 15 is 0 Å². The van der Waals surface area contributed by atoms with Crippen LogP contribution in [0.3, 0.4) is 0 Å². The molecule has 0 radical (unpaired) electrons. The van der Waals surface area contributed by atoms with Crippen molar-refractivity contribution < 1.29 is 23.4 Å². The largest absolute Gasteiger partial charge is 0.504 e. The molecule has 0 saturated heterocycles. The Labute approximate surface area is 73.5 Å². The predicted molar refractivity (Wildman–Crippen MR) is 41.3 cm³/mol. The molecule has 1 N–H and O–H groups in total. The molecule has 1 aromatic carbocycles. The molecule has 5 heteroatoms. The minimum absolute atomic E-state index is 0.297. The molecule has 72 valence electrons. The van der Waals surface area contributed by atoms with Gasteiger partial charge in [-0.1, -0.05) is 0 Å². The van der Waals surface area contributed by atoms with E-state index in [9.17, 15) is 8.78 Å². The fraction of sp³-hybridized carbons (Fsp3) is 0.250. The molecule has 0 aromatic heterocycles. The molecule has 0 amide bonds. The number of rotatable bonds is 3. The first kappa shape index (κ1) is 9.57. The van der Waals surface area contributed by atoms with Gasteiger partial charge in [0.05, 0.1) is 7.11 Å². The van der Waals surface area contributed by atoms with Gasteiger partial charge in [0.15, 0.2) is 11.5 Å². The number of halogens is 2. The maximum Gasteiger partial charge on any atom is 0.387 e. The van der Waals surface area contributed by atoms with Gasteiger partial charge in [-0.3, -0.25) is 0 Å². The van der Waals surface area contributed by atoms with Gasteiger partial charge < -0.3 is 14.6 Å². The average Bonchev–Trinajstić information content (AvgIpc) is 2.08. The maximum atomic E-state index is 11.8. The summed E-state index contributed by atoms with van der Waals surface area (Å²) < 4.78 is 32.3. The van der Waals surface area contributed by atoms with Crippen molar-refractivity contribution in [1.29, 1.82) is 0 Å².